The van der Waals surface area contributed by atoms with Gasteiger partial charge in [0.1, 0.15) is 0 Å². The molecule has 2 amide bonds. The third-order valence-corrected chi connectivity index (χ3v) is 2.99. The molecule has 5 nitrogen and oxygen atoms in total. The zero-order valence-electron chi connectivity index (χ0n) is 8.14. The first-order valence-corrected chi connectivity index (χ1v) is 4.82. The van der Waals surface area contributed by atoms with E-state index in [1.165, 1.54) is 11.9 Å². The Hall–Kier alpha value is -0.940. The van der Waals surface area contributed by atoms with Crippen LogP contribution in [0.5, 0.6) is 0 Å². The first-order valence-electron chi connectivity index (χ1n) is 4.82. The summed E-state index contributed by atoms with van der Waals surface area (Å²) >= 11 is 0. The van der Waals surface area contributed by atoms with Gasteiger partial charge in [-0.05, 0) is 6.42 Å². The number of aliphatic hydroxyl groups is 1. The molecule has 1 N–H and O–H groups in total. The predicted molar refractivity (Wildman–Crippen MR) is 48.4 cm³/mol. The number of amides is 2. The molecule has 2 unspecified atom stereocenters. The van der Waals surface area contributed by atoms with E-state index < -0.39 is 0 Å². The normalized spacial score (nSPS) is 34.6. The molecule has 0 aliphatic carbocycles. The number of imide groups is 1. The average molecular weight is 198 g/mol. The molecule has 0 aromatic rings. The minimum Gasteiger partial charge on any atom is -0.392 e. The minimum atomic E-state index is -0.344. The van der Waals surface area contributed by atoms with Crippen molar-refractivity contribution in [3.05, 3.63) is 0 Å². The summed E-state index contributed by atoms with van der Waals surface area (Å²) in [6.45, 7) is 1.22. The van der Waals surface area contributed by atoms with Crippen LogP contribution in [0, 0.1) is 0 Å². The fraction of sp³-hybridized carbons (Fsp3) is 0.778. The van der Waals surface area contributed by atoms with E-state index in [9.17, 15) is 14.7 Å². The monoisotopic (exact) mass is 198 g/mol. The molecule has 2 heterocycles. The molecule has 5 heteroatoms. The highest BCUT2D eigenvalue weighted by Gasteiger charge is 2.41. The Morgan fingerprint density at radius 2 is 2.14 bits per heavy atom. The van der Waals surface area contributed by atoms with Crippen molar-refractivity contribution >= 4 is 11.8 Å². The Balaban J connectivity index is 2.06. The number of nitrogens with zero attached hydrogens (tertiary/aromatic N) is 2. The van der Waals surface area contributed by atoms with Crippen LogP contribution < -0.4 is 0 Å². The fourth-order valence-electron chi connectivity index (χ4n) is 2.07. The Morgan fingerprint density at radius 3 is 2.57 bits per heavy atom. The lowest BCUT2D eigenvalue weighted by atomic mass is 10.2. The molecule has 0 aromatic carbocycles. The third-order valence-electron chi connectivity index (χ3n) is 2.99. The standard InChI is InChI=1S/C9H14N2O3/c1-10-8(13)4-7(9(10)14)11-3-2-6(12)5-11/h6-7,12H,2-5H2,1H3. The molecular weight excluding hydrogens is 184 g/mol. The van der Waals surface area contributed by atoms with E-state index in [1.807, 2.05) is 4.90 Å². The average Bonchev–Trinajstić information content (AvgIpc) is 2.66. The molecule has 2 rings (SSSR count). The van der Waals surface area contributed by atoms with Crippen molar-refractivity contribution in [1.29, 1.82) is 0 Å². The summed E-state index contributed by atoms with van der Waals surface area (Å²) in [6.07, 6.45) is 0.618. The second kappa shape index (κ2) is 3.33. The molecule has 2 aliphatic rings. The largest absolute Gasteiger partial charge is 0.392 e. The van der Waals surface area contributed by atoms with Crippen LogP contribution in [0.3, 0.4) is 0 Å². The number of carbonyl (C=O) groups excluding carboxylic acids is 2. The highest BCUT2D eigenvalue weighted by molar-refractivity contribution is 6.05. The van der Waals surface area contributed by atoms with E-state index in [0.717, 1.165) is 0 Å². The van der Waals surface area contributed by atoms with Gasteiger partial charge in [0.15, 0.2) is 0 Å². The van der Waals surface area contributed by atoms with Crippen LogP contribution in [0.2, 0.25) is 0 Å². The number of likely N-dealkylation sites (N-methyl/N-ethyl adjacent to an activating group) is 1. The van der Waals surface area contributed by atoms with Gasteiger partial charge in [-0.15, -0.1) is 0 Å². The van der Waals surface area contributed by atoms with Gasteiger partial charge < -0.3 is 5.11 Å². The fourth-order valence-corrected chi connectivity index (χ4v) is 2.07. The van der Waals surface area contributed by atoms with E-state index in [4.69, 9.17) is 0 Å². The molecule has 0 saturated carbocycles. The second-order valence-electron chi connectivity index (χ2n) is 3.95. The van der Waals surface area contributed by atoms with Crippen LogP contribution in [-0.2, 0) is 9.59 Å². The number of rotatable bonds is 1. The third kappa shape index (κ3) is 1.42. The van der Waals surface area contributed by atoms with Crippen LogP contribution >= 0.6 is 0 Å². The topological polar surface area (TPSA) is 60.9 Å². The highest BCUT2D eigenvalue weighted by Crippen LogP contribution is 2.21. The van der Waals surface area contributed by atoms with Gasteiger partial charge in [-0.1, -0.05) is 0 Å². The maximum atomic E-state index is 11.6. The summed E-state index contributed by atoms with van der Waals surface area (Å²) < 4.78 is 0. The SMILES string of the molecule is CN1C(=O)CC(N2CCC(O)C2)C1=O. The van der Waals surface area contributed by atoms with Crippen molar-refractivity contribution in [1.82, 2.24) is 9.80 Å². The Kier molecular flexibility index (Phi) is 2.28. The van der Waals surface area contributed by atoms with Gasteiger partial charge >= 0.3 is 0 Å². The van der Waals surface area contributed by atoms with Crippen LogP contribution in [0.4, 0.5) is 0 Å². The molecule has 0 spiro atoms. The second-order valence-corrected chi connectivity index (χ2v) is 3.95. The van der Waals surface area contributed by atoms with Crippen molar-refractivity contribution in [3.63, 3.8) is 0 Å². The minimum absolute atomic E-state index is 0.124. The van der Waals surface area contributed by atoms with E-state index in [-0.39, 0.29) is 30.4 Å². The van der Waals surface area contributed by atoms with Gasteiger partial charge in [0.05, 0.1) is 18.6 Å². The summed E-state index contributed by atoms with van der Waals surface area (Å²) in [5.41, 5.74) is 0. The molecule has 78 valence electrons. The van der Waals surface area contributed by atoms with Gasteiger partial charge in [0.25, 0.3) is 0 Å². The smallest absolute Gasteiger partial charge is 0.246 e. The molecule has 2 atom stereocenters. The Bertz CT molecular complexity index is 279. The summed E-state index contributed by atoms with van der Waals surface area (Å²) in [7, 11) is 1.51. The first-order chi connectivity index (χ1) is 6.59. The summed E-state index contributed by atoms with van der Waals surface area (Å²) in [6, 6.07) is -0.329. The highest BCUT2D eigenvalue weighted by atomic mass is 16.3. The van der Waals surface area contributed by atoms with Gasteiger partial charge in [0.2, 0.25) is 11.8 Å². The number of aliphatic hydroxyl groups excluding tert-OH is 1. The summed E-state index contributed by atoms with van der Waals surface area (Å²) in [4.78, 5) is 25.9. The van der Waals surface area contributed by atoms with E-state index in [2.05, 4.69) is 0 Å². The van der Waals surface area contributed by atoms with Gasteiger partial charge in [0, 0.05) is 20.1 Å². The molecule has 0 aromatic heterocycles. The molecule has 2 saturated heterocycles. The van der Waals surface area contributed by atoms with E-state index >= 15 is 0 Å². The Morgan fingerprint density at radius 1 is 1.43 bits per heavy atom. The van der Waals surface area contributed by atoms with Crippen molar-refractivity contribution in [2.75, 3.05) is 20.1 Å². The first kappa shape index (κ1) is 9.61. The summed E-state index contributed by atoms with van der Waals surface area (Å²) in [5, 5.41) is 9.33. The van der Waals surface area contributed by atoms with E-state index in [1.54, 1.807) is 0 Å². The van der Waals surface area contributed by atoms with Crippen LogP contribution in [0.1, 0.15) is 12.8 Å². The lowest BCUT2D eigenvalue weighted by Crippen LogP contribution is -2.40. The number of likely N-dealkylation sites (tertiary alicyclic amines) is 2. The van der Waals surface area contributed by atoms with E-state index in [0.29, 0.717) is 19.5 Å². The molecule has 2 aliphatic heterocycles. The molecular formula is C9H14N2O3. The number of hydrogen-bond donors (Lipinski definition) is 1. The van der Waals surface area contributed by atoms with Crippen molar-refractivity contribution in [2.24, 2.45) is 0 Å². The zero-order valence-corrected chi connectivity index (χ0v) is 8.14. The van der Waals surface area contributed by atoms with Crippen molar-refractivity contribution < 1.29 is 14.7 Å². The molecule has 0 bridgehead atoms. The van der Waals surface area contributed by atoms with Crippen molar-refractivity contribution in [3.8, 4) is 0 Å². The van der Waals surface area contributed by atoms with Crippen LogP contribution in [-0.4, -0.2) is 59.0 Å². The lowest BCUT2D eigenvalue weighted by molar-refractivity contribution is -0.137. The zero-order chi connectivity index (χ0) is 10.3. The maximum absolute atomic E-state index is 11.6. The molecule has 14 heavy (non-hydrogen) atoms. The van der Waals surface area contributed by atoms with Gasteiger partial charge in [-0.25, -0.2) is 0 Å². The lowest BCUT2D eigenvalue weighted by Gasteiger charge is -2.20. The summed E-state index contributed by atoms with van der Waals surface area (Å²) in [5.74, 6) is -0.259. The van der Waals surface area contributed by atoms with Gasteiger partial charge in [-0.2, -0.15) is 0 Å². The number of β-amino-alcohol motifs (C(OH)–C–C–N with tert-alkyl or cyclic N) is 1. The van der Waals surface area contributed by atoms with Gasteiger partial charge in [-0.3, -0.25) is 19.4 Å². The van der Waals surface area contributed by atoms with Crippen LogP contribution in [0.25, 0.3) is 0 Å². The number of carbonyl (C=O) groups is 2. The van der Waals surface area contributed by atoms with Crippen LogP contribution in [0.15, 0.2) is 0 Å². The molecule has 2 fully saturated rings. The Labute approximate surface area is 82.3 Å². The number of hydrogen-bond acceptors (Lipinski definition) is 4. The molecule has 0 radical (unpaired) electrons. The quantitative estimate of drug-likeness (QED) is 0.538. The van der Waals surface area contributed by atoms with Crippen molar-refractivity contribution in [2.45, 2.75) is 25.0 Å². The maximum Gasteiger partial charge on any atom is 0.246 e. The predicted octanol–water partition coefficient (Wildman–Crippen LogP) is -1.19.